The van der Waals surface area contributed by atoms with Crippen molar-refractivity contribution in [3.8, 4) is 0 Å². The van der Waals surface area contributed by atoms with E-state index in [1.165, 1.54) is 35.2 Å². The Hall–Kier alpha value is -1.81. The fourth-order valence-corrected chi connectivity index (χ4v) is 3.40. The summed E-state index contributed by atoms with van der Waals surface area (Å²) in [5.41, 5.74) is -0.449. The minimum atomic E-state index is -4.39. The van der Waals surface area contributed by atoms with E-state index >= 15 is 0 Å². The summed E-state index contributed by atoms with van der Waals surface area (Å²) in [7, 11) is 1.72. The molecule has 2 aromatic rings. The number of thioether (sulfide) groups is 1. The number of carbonyl (C=O) groups is 1. The average Bonchev–Trinajstić information content (AvgIpc) is 2.94. The van der Waals surface area contributed by atoms with Gasteiger partial charge in [-0.3, -0.25) is 4.79 Å². The number of alkyl halides is 3. The Labute approximate surface area is 138 Å². The van der Waals surface area contributed by atoms with Crippen LogP contribution in [0, 0.1) is 0 Å². The van der Waals surface area contributed by atoms with Gasteiger partial charge in [0.15, 0.2) is 4.34 Å². The highest BCUT2D eigenvalue weighted by Gasteiger charge is 2.30. The van der Waals surface area contributed by atoms with Crippen molar-refractivity contribution >= 4 is 39.8 Å². The van der Waals surface area contributed by atoms with Gasteiger partial charge in [-0.15, -0.1) is 10.2 Å². The van der Waals surface area contributed by atoms with Crippen LogP contribution in [0.3, 0.4) is 0 Å². The van der Waals surface area contributed by atoms with Crippen LogP contribution in [-0.4, -0.2) is 28.4 Å². The van der Waals surface area contributed by atoms with Gasteiger partial charge in [0, 0.05) is 12.7 Å². The van der Waals surface area contributed by atoms with Crippen LogP contribution in [-0.2, 0) is 11.0 Å². The van der Waals surface area contributed by atoms with Crippen LogP contribution < -0.4 is 10.6 Å². The summed E-state index contributed by atoms with van der Waals surface area (Å²) in [6.45, 7) is 1.69. The Morgan fingerprint density at radius 3 is 2.43 bits per heavy atom. The van der Waals surface area contributed by atoms with E-state index in [-0.39, 0.29) is 5.91 Å². The molecule has 10 heteroatoms. The van der Waals surface area contributed by atoms with Gasteiger partial charge in [0.1, 0.15) is 0 Å². The fraction of sp³-hybridized carbons (Fsp3) is 0.308. The third-order valence-corrected chi connectivity index (χ3v) is 4.87. The maximum Gasteiger partial charge on any atom is 0.416 e. The lowest BCUT2D eigenvalue weighted by atomic mass is 10.2. The molecule has 2 N–H and O–H groups in total. The number of hydrogen-bond acceptors (Lipinski definition) is 6. The lowest BCUT2D eigenvalue weighted by Crippen LogP contribution is -2.22. The van der Waals surface area contributed by atoms with Crippen molar-refractivity contribution in [2.45, 2.75) is 22.7 Å². The van der Waals surface area contributed by atoms with Gasteiger partial charge in [0.05, 0.1) is 10.8 Å². The van der Waals surface area contributed by atoms with E-state index in [2.05, 4.69) is 20.8 Å². The summed E-state index contributed by atoms with van der Waals surface area (Å²) in [6.07, 6.45) is -4.39. The number of nitrogens with one attached hydrogen (secondary N) is 2. The second-order valence-electron chi connectivity index (χ2n) is 4.45. The highest BCUT2D eigenvalue weighted by atomic mass is 32.2. The molecule has 0 aliphatic rings. The van der Waals surface area contributed by atoms with Gasteiger partial charge in [0.2, 0.25) is 11.0 Å². The molecule has 5 nitrogen and oxygen atoms in total. The molecule has 0 aliphatic heterocycles. The van der Waals surface area contributed by atoms with Gasteiger partial charge in [-0.25, -0.2) is 0 Å². The molecule has 23 heavy (non-hydrogen) atoms. The summed E-state index contributed by atoms with van der Waals surface area (Å²) < 4.78 is 38.1. The SMILES string of the molecule is CNc1nnc(S[C@H](C)C(=O)Nc2ccc(C(F)(F)F)cc2)s1. The van der Waals surface area contributed by atoms with Crippen LogP contribution in [0.1, 0.15) is 12.5 Å². The van der Waals surface area contributed by atoms with Crippen LogP contribution in [0.5, 0.6) is 0 Å². The van der Waals surface area contributed by atoms with Crippen molar-refractivity contribution in [2.24, 2.45) is 0 Å². The molecular weight excluding hydrogens is 349 g/mol. The lowest BCUT2D eigenvalue weighted by Gasteiger charge is -2.11. The first-order chi connectivity index (χ1) is 10.8. The molecule has 1 heterocycles. The van der Waals surface area contributed by atoms with Crippen LogP contribution in [0.15, 0.2) is 28.6 Å². The molecule has 1 amide bonds. The second kappa shape index (κ2) is 7.18. The molecule has 0 fully saturated rings. The van der Waals surface area contributed by atoms with Gasteiger partial charge in [-0.2, -0.15) is 13.2 Å². The van der Waals surface area contributed by atoms with Gasteiger partial charge in [-0.1, -0.05) is 23.1 Å². The first-order valence-corrected chi connectivity index (χ1v) is 8.15. The highest BCUT2D eigenvalue weighted by molar-refractivity contribution is 8.02. The number of anilines is 2. The first-order valence-electron chi connectivity index (χ1n) is 6.45. The zero-order chi connectivity index (χ0) is 17.0. The molecular formula is C13H13F3N4OS2. The minimum absolute atomic E-state index is 0.309. The smallest absolute Gasteiger partial charge is 0.363 e. The van der Waals surface area contributed by atoms with E-state index in [1.807, 2.05) is 0 Å². The largest absolute Gasteiger partial charge is 0.416 e. The van der Waals surface area contributed by atoms with Crippen molar-refractivity contribution in [3.05, 3.63) is 29.8 Å². The average molecular weight is 362 g/mol. The van der Waals surface area contributed by atoms with Crippen molar-refractivity contribution in [3.63, 3.8) is 0 Å². The van der Waals surface area contributed by atoms with Crippen molar-refractivity contribution in [1.29, 1.82) is 0 Å². The van der Waals surface area contributed by atoms with Crippen molar-refractivity contribution < 1.29 is 18.0 Å². The number of aromatic nitrogens is 2. The third kappa shape index (κ3) is 4.83. The number of hydrogen-bond donors (Lipinski definition) is 2. The summed E-state index contributed by atoms with van der Waals surface area (Å²) in [5, 5.41) is 13.4. The number of carbonyl (C=O) groups excluding carboxylic acids is 1. The van der Waals surface area contributed by atoms with E-state index in [1.54, 1.807) is 14.0 Å². The molecule has 1 aromatic carbocycles. The molecule has 0 aliphatic carbocycles. The topological polar surface area (TPSA) is 66.9 Å². The van der Waals surface area contributed by atoms with E-state index < -0.39 is 17.0 Å². The summed E-state index contributed by atoms with van der Waals surface area (Å²) >= 11 is 2.54. The summed E-state index contributed by atoms with van der Waals surface area (Å²) in [4.78, 5) is 12.1. The van der Waals surface area contributed by atoms with Gasteiger partial charge in [-0.05, 0) is 31.2 Å². The quantitative estimate of drug-likeness (QED) is 0.794. The number of amides is 1. The molecule has 0 saturated heterocycles. The zero-order valence-corrected chi connectivity index (χ0v) is 13.8. The van der Waals surface area contributed by atoms with Gasteiger partial charge < -0.3 is 10.6 Å². The standard InChI is InChI=1S/C13H13F3N4OS2/c1-7(22-12-20-19-11(17-2)23-12)10(21)18-9-5-3-8(4-6-9)13(14,15)16/h3-7H,1-2H3,(H,17,19)(H,18,21)/t7-/m1/s1. The minimum Gasteiger partial charge on any atom is -0.363 e. The third-order valence-electron chi connectivity index (χ3n) is 2.75. The number of halogens is 3. The predicted octanol–water partition coefficient (Wildman–Crippen LogP) is 3.72. The Kier molecular flexibility index (Phi) is 5.47. The first kappa shape index (κ1) is 17.5. The van der Waals surface area contributed by atoms with Gasteiger partial charge in [0.25, 0.3) is 0 Å². The van der Waals surface area contributed by atoms with E-state index in [0.29, 0.717) is 15.2 Å². The Bertz CT molecular complexity index is 673. The molecule has 0 bridgehead atoms. The van der Waals surface area contributed by atoms with E-state index in [9.17, 15) is 18.0 Å². The number of nitrogens with zero attached hydrogens (tertiary/aromatic N) is 2. The van der Waals surface area contributed by atoms with Crippen LogP contribution in [0.4, 0.5) is 24.0 Å². The van der Waals surface area contributed by atoms with Crippen LogP contribution in [0.2, 0.25) is 0 Å². The maximum atomic E-state index is 12.5. The highest BCUT2D eigenvalue weighted by Crippen LogP contribution is 2.31. The molecule has 124 valence electrons. The lowest BCUT2D eigenvalue weighted by molar-refractivity contribution is -0.137. The Morgan fingerprint density at radius 1 is 1.26 bits per heavy atom. The molecule has 0 spiro atoms. The Morgan fingerprint density at radius 2 is 1.91 bits per heavy atom. The molecule has 1 atom stereocenters. The summed E-state index contributed by atoms with van der Waals surface area (Å²) in [6, 6.07) is 4.30. The Balaban J connectivity index is 1.95. The molecule has 0 saturated carbocycles. The number of benzene rings is 1. The predicted molar refractivity (Wildman–Crippen MR) is 84.8 cm³/mol. The zero-order valence-electron chi connectivity index (χ0n) is 12.1. The molecule has 1 aromatic heterocycles. The summed E-state index contributed by atoms with van der Waals surface area (Å²) in [5.74, 6) is -0.323. The van der Waals surface area contributed by atoms with Crippen LogP contribution >= 0.6 is 23.1 Å². The monoisotopic (exact) mass is 362 g/mol. The second-order valence-corrected chi connectivity index (χ2v) is 7.01. The van der Waals surface area contributed by atoms with Gasteiger partial charge >= 0.3 is 6.18 Å². The maximum absolute atomic E-state index is 12.5. The van der Waals surface area contributed by atoms with Crippen molar-refractivity contribution in [2.75, 3.05) is 17.7 Å². The van der Waals surface area contributed by atoms with Crippen molar-refractivity contribution in [1.82, 2.24) is 10.2 Å². The van der Waals surface area contributed by atoms with E-state index in [0.717, 1.165) is 12.1 Å². The van der Waals surface area contributed by atoms with Crippen LogP contribution in [0.25, 0.3) is 0 Å². The molecule has 2 rings (SSSR count). The van der Waals surface area contributed by atoms with E-state index in [4.69, 9.17) is 0 Å². The number of rotatable bonds is 5. The normalized spacial score (nSPS) is 12.7. The molecule has 0 unspecified atom stereocenters. The fourth-order valence-electron chi connectivity index (χ4n) is 1.55. The molecule has 0 radical (unpaired) electrons.